The van der Waals surface area contributed by atoms with Crippen LogP contribution in [0.3, 0.4) is 0 Å². The number of ether oxygens (including phenoxy) is 1. The molecule has 0 radical (unpaired) electrons. The fourth-order valence-corrected chi connectivity index (χ4v) is 4.77. The Morgan fingerprint density at radius 3 is 2.45 bits per heavy atom. The van der Waals surface area contributed by atoms with Crippen LogP contribution in [0.4, 0.5) is 0 Å². The number of amides is 2. The van der Waals surface area contributed by atoms with E-state index in [0.29, 0.717) is 16.9 Å². The Bertz CT molecular complexity index is 502. The number of thioether (sulfide) groups is 2. The Balaban J connectivity index is 1.72. The summed E-state index contributed by atoms with van der Waals surface area (Å²) in [4.78, 5) is 22.8. The second-order valence-electron chi connectivity index (χ2n) is 4.66. The molecule has 120 valence electrons. The van der Waals surface area contributed by atoms with Crippen LogP contribution in [-0.2, 0) is 9.59 Å². The van der Waals surface area contributed by atoms with E-state index in [2.05, 4.69) is 10.6 Å². The van der Waals surface area contributed by atoms with Crippen molar-refractivity contribution in [3.05, 3.63) is 29.8 Å². The molecule has 1 aromatic carbocycles. The Morgan fingerprint density at radius 1 is 1.14 bits per heavy atom. The van der Waals surface area contributed by atoms with Gasteiger partial charge >= 0.3 is 0 Å². The zero-order chi connectivity index (χ0) is 15.8. The molecular weight excluding hydrogens is 320 g/mol. The second-order valence-corrected chi connectivity index (χ2v) is 7.39. The fourth-order valence-electron chi connectivity index (χ4n) is 1.91. The maximum absolute atomic E-state index is 11.6. The highest BCUT2D eigenvalue weighted by atomic mass is 32.2. The van der Waals surface area contributed by atoms with Crippen molar-refractivity contribution in [2.24, 2.45) is 0 Å². The van der Waals surface area contributed by atoms with Gasteiger partial charge in [0, 0.05) is 18.1 Å². The van der Waals surface area contributed by atoms with E-state index in [1.165, 1.54) is 17.1 Å². The van der Waals surface area contributed by atoms with Crippen molar-refractivity contribution in [2.45, 2.75) is 11.5 Å². The lowest BCUT2D eigenvalue weighted by Crippen LogP contribution is -2.38. The zero-order valence-corrected chi connectivity index (χ0v) is 14.1. The van der Waals surface area contributed by atoms with Crippen molar-refractivity contribution in [3.63, 3.8) is 0 Å². The number of rotatable bonds is 7. The van der Waals surface area contributed by atoms with Crippen LogP contribution in [0.5, 0.6) is 5.75 Å². The van der Waals surface area contributed by atoms with E-state index in [9.17, 15) is 9.59 Å². The summed E-state index contributed by atoms with van der Waals surface area (Å²) < 4.78 is 5.93. The summed E-state index contributed by atoms with van der Waals surface area (Å²) >= 11 is 3.91. The lowest BCUT2D eigenvalue weighted by molar-refractivity contribution is -0.127. The quantitative estimate of drug-likeness (QED) is 0.792. The van der Waals surface area contributed by atoms with Gasteiger partial charge in [-0.25, -0.2) is 0 Å². The Labute approximate surface area is 138 Å². The van der Waals surface area contributed by atoms with E-state index in [0.717, 1.165) is 0 Å². The summed E-state index contributed by atoms with van der Waals surface area (Å²) in [6.45, 7) is 2.26. The molecule has 0 unspecified atom stereocenters. The van der Waals surface area contributed by atoms with Crippen LogP contribution in [-0.4, -0.2) is 43.0 Å². The van der Waals surface area contributed by atoms with Crippen molar-refractivity contribution in [1.82, 2.24) is 10.6 Å². The maximum atomic E-state index is 11.6. The molecule has 1 fully saturated rings. The van der Waals surface area contributed by atoms with Gasteiger partial charge in [-0.3, -0.25) is 9.59 Å². The Hall–Kier alpha value is -1.34. The summed E-state index contributed by atoms with van der Waals surface area (Å²) in [7, 11) is 0. The molecule has 5 nitrogen and oxygen atoms in total. The predicted octanol–water partition coefficient (Wildman–Crippen LogP) is 1.80. The molecule has 1 aromatic rings. The van der Waals surface area contributed by atoms with E-state index in [4.69, 9.17) is 4.74 Å². The number of carbonyl (C=O) groups is 2. The van der Waals surface area contributed by atoms with Crippen molar-refractivity contribution < 1.29 is 14.3 Å². The van der Waals surface area contributed by atoms with Crippen LogP contribution in [0.25, 0.3) is 0 Å². The molecule has 0 aromatic heterocycles. The van der Waals surface area contributed by atoms with Gasteiger partial charge in [0.05, 0.1) is 11.1 Å². The highest BCUT2D eigenvalue weighted by molar-refractivity contribution is 8.19. The zero-order valence-electron chi connectivity index (χ0n) is 12.5. The van der Waals surface area contributed by atoms with Gasteiger partial charge in [0.2, 0.25) is 5.91 Å². The third kappa shape index (κ3) is 5.46. The standard InChI is InChI=1S/C15H20N2O3S2/c1-2-16-13(18)9-17-14(19)10-20-12-5-3-11(4-6-12)15-21-7-8-22-15/h3-6,15H,2,7-10H2,1H3,(H,16,18)(H,17,19). The van der Waals surface area contributed by atoms with Crippen LogP contribution in [0.1, 0.15) is 17.1 Å². The molecular formula is C15H20N2O3S2. The molecule has 0 bridgehead atoms. The van der Waals surface area contributed by atoms with Crippen molar-refractivity contribution >= 4 is 35.3 Å². The van der Waals surface area contributed by atoms with Crippen LogP contribution < -0.4 is 15.4 Å². The van der Waals surface area contributed by atoms with E-state index in [-0.39, 0.29) is 25.0 Å². The number of hydrogen-bond acceptors (Lipinski definition) is 5. The number of benzene rings is 1. The highest BCUT2D eigenvalue weighted by Crippen LogP contribution is 2.45. The summed E-state index contributed by atoms with van der Waals surface area (Å²) in [5.41, 5.74) is 1.28. The van der Waals surface area contributed by atoms with Crippen LogP contribution in [0, 0.1) is 0 Å². The first-order chi connectivity index (χ1) is 10.7. The Morgan fingerprint density at radius 2 is 1.82 bits per heavy atom. The molecule has 0 saturated carbocycles. The van der Waals surface area contributed by atoms with Crippen molar-refractivity contribution in [2.75, 3.05) is 31.2 Å². The third-order valence-corrected chi connectivity index (χ3v) is 6.07. The fraction of sp³-hybridized carbons (Fsp3) is 0.467. The van der Waals surface area contributed by atoms with Gasteiger partial charge < -0.3 is 15.4 Å². The summed E-state index contributed by atoms with van der Waals surface area (Å²) in [6, 6.07) is 7.84. The average Bonchev–Trinajstić information content (AvgIpc) is 3.06. The molecule has 2 amide bonds. The summed E-state index contributed by atoms with van der Waals surface area (Å²) in [6.07, 6.45) is 0. The van der Waals surface area contributed by atoms with E-state index in [1.54, 1.807) is 0 Å². The number of hydrogen-bond donors (Lipinski definition) is 2. The summed E-state index contributed by atoms with van der Waals surface area (Å²) in [5, 5.41) is 5.12. The molecule has 0 atom stereocenters. The first kappa shape index (κ1) is 17.0. The predicted molar refractivity (Wildman–Crippen MR) is 91.3 cm³/mol. The first-order valence-corrected chi connectivity index (χ1v) is 9.28. The topological polar surface area (TPSA) is 67.4 Å². The minimum Gasteiger partial charge on any atom is -0.484 e. The van der Waals surface area contributed by atoms with E-state index >= 15 is 0 Å². The van der Waals surface area contributed by atoms with E-state index in [1.807, 2.05) is 54.7 Å². The lowest BCUT2D eigenvalue weighted by atomic mass is 10.2. The SMILES string of the molecule is CCNC(=O)CNC(=O)COc1ccc(C2SCCS2)cc1. The largest absolute Gasteiger partial charge is 0.484 e. The normalized spacial score (nSPS) is 14.6. The van der Waals surface area contributed by atoms with Gasteiger partial charge in [0.25, 0.3) is 5.91 Å². The van der Waals surface area contributed by atoms with Crippen LogP contribution >= 0.6 is 23.5 Å². The molecule has 0 spiro atoms. The maximum Gasteiger partial charge on any atom is 0.258 e. The summed E-state index contributed by atoms with van der Waals surface area (Å²) in [5.74, 6) is 2.53. The Kier molecular flexibility index (Phi) is 6.92. The van der Waals surface area contributed by atoms with Gasteiger partial charge in [-0.05, 0) is 24.6 Å². The molecule has 1 heterocycles. The number of nitrogens with one attached hydrogen (secondary N) is 2. The van der Waals surface area contributed by atoms with Crippen molar-refractivity contribution in [3.8, 4) is 5.75 Å². The lowest BCUT2D eigenvalue weighted by Gasteiger charge is -2.10. The molecule has 2 N–H and O–H groups in total. The van der Waals surface area contributed by atoms with Gasteiger partial charge in [-0.1, -0.05) is 12.1 Å². The van der Waals surface area contributed by atoms with Gasteiger partial charge in [-0.2, -0.15) is 0 Å². The molecule has 22 heavy (non-hydrogen) atoms. The highest BCUT2D eigenvalue weighted by Gasteiger charge is 2.17. The van der Waals surface area contributed by atoms with Gasteiger partial charge in [-0.15, -0.1) is 23.5 Å². The monoisotopic (exact) mass is 340 g/mol. The molecule has 2 rings (SSSR count). The van der Waals surface area contributed by atoms with Crippen molar-refractivity contribution in [1.29, 1.82) is 0 Å². The third-order valence-electron chi connectivity index (χ3n) is 2.96. The van der Waals surface area contributed by atoms with Crippen LogP contribution in [0.15, 0.2) is 24.3 Å². The minimum absolute atomic E-state index is 0.0227. The second kappa shape index (κ2) is 8.95. The van der Waals surface area contributed by atoms with Gasteiger partial charge in [0.15, 0.2) is 6.61 Å². The molecule has 1 aliphatic heterocycles. The molecule has 1 saturated heterocycles. The minimum atomic E-state index is -0.308. The number of likely N-dealkylation sites (N-methyl/N-ethyl adjacent to an activating group) is 1. The number of carbonyl (C=O) groups excluding carboxylic acids is 2. The molecule has 7 heteroatoms. The first-order valence-electron chi connectivity index (χ1n) is 7.18. The smallest absolute Gasteiger partial charge is 0.258 e. The van der Waals surface area contributed by atoms with Crippen LogP contribution in [0.2, 0.25) is 0 Å². The average molecular weight is 340 g/mol. The van der Waals surface area contributed by atoms with E-state index < -0.39 is 0 Å². The van der Waals surface area contributed by atoms with Gasteiger partial charge in [0.1, 0.15) is 5.75 Å². The molecule has 0 aliphatic carbocycles. The molecule has 1 aliphatic rings.